The van der Waals surface area contributed by atoms with Crippen LogP contribution in [0.2, 0.25) is 18.1 Å². The Bertz CT molecular complexity index is 2730. The van der Waals surface area contributed by atoms with E-state index in [2.05, 4.69) is 10.3 Å². The number of carbonyl (C=O) groups excluding carboxylic acids is 6. The average Bonchev–Trinajstić information content (AvgIpc) is 1.49. The number of nitrogens with one attached hydrogen (secondary N) is 1. The van der Waals surface area contributed by atoms with Crippen LogP contribution in [0.1, 0.15) is 134 Å². The maximum atomic E-state index is 15.9. The highest BCUT2D eigenvalue weighted by molar-refractivity contribution is 6.74. The minimum absolute atomic E-state index is 0.233. The number of methoxy groups -OCH3 is 2. The fraction of sp³-hybridized carbons (Fsp3) is 0.661. The van der Waals surface area contributed by atoms with Gasteiger partial charge < -0.3 is 52.3 Å². The zero-order chi connectivity index (χ0) is 62.9. The predicted octanol–water partition coefficient (Wildman–Crippen LogP) is 8.67. The van der Waals surface area contributed by atoms with Gasteiger partial charge in [-0.05, 0) is 119 Å². The van der Waals surface area contributed by atoms with E-state index < -0.39 is 157 Å². The number of rotatable bonds is 14. The van der Waals surface area contributed by atoms with Crippen LogP contribution >= 0.6 is 0 Å². The van der Waals surface area contributed by atoms with E-state index in [4.69, 9.17) is 52.2 Å². The van der Waals surface area contributed by atoms with Gasteiger partial charge in [-0.15, -0.1) is 4.99 Å². The molecule has 0 aromatic heterocycles. The summed E-state index contributed by atoms with van der Waals surface area (Å²) >= 11 is 0. The van der Waals surface area contributed by atoms with Crippen molar-refractivity contribution < 1.29 is 81.0 Å². The molecule has 3 saturated heterocycles. The minimum atomic E-state index is -2.91. The molecule has 6 rings (SSSR count). The van der Waals surface area contributed by atoms with E-state index in [1.165, 1.54) is 24.2 Å². The Labute approximate surface area is 494 Å². The van der Waals surface area contributed by atoms with Crippen LogP contribution in [0.5, 0.6) is 0 Å². The van der Waals surface area contributed by atoms with Crippen molar-refractivity contribution in [1.29, 1.82) is 0 Å². The number of carbonyl (C=O) groups is 6. The molecule has 1 spiro atoms. The number of nitrogens with zero attached hydrogens (tertiary/aromatic N) is 6. The highest BCUT2D eigenvalue weighted by atomic mass is 28.4. The number of aliphatic imine (C=N–C) groups is 2. The van der Waals surface area contributed by atoms with Crippen molar-refractivity contribution in [3.63, 3.8) is 0 Å². The Balaban J connectivity index is 1.84. The van der Waals surface area contributed by atoms with Gasteiger partial charge in [0.15, 0.2) is 20.1 Å². The fourth-order valence-electron chi connectivity index (χ4n) is 10.6. The summed E-state index contributed by atoms with van der Waals surface area (Å²) in [5.41, 5.74) is -8.88. The second-order valence-electron chi connectivity index (χ2n) is 26.8. The van der Waals surface area contributed by atoms with Gasteiger partial charge >= 0.3 is 36.3 Å². The number of hydrogen-bond acceptors (Lipinski definition) is 19. The highest BCUT2D eigenvalue weighted by Gasteiger charge is 2.81. The quantitative estimate of drug-likeness (QED) is 0.0775. The van der Waals surface area contributed by atoms with Gasteiger partial charge in [-0.2, -0.15) is 5.06 Å². The molecule has 25 heteroatoms. The van der Waals surface area contributed by atoms with Crippen LogP contribution in [-0.2, 0) is 56.7 Å². The second kappa shape index (κ2) is 25.0. The maximum Gasteiger partial charge on any atom is 0.437 e. The Hall–Kier alpha value is -6.22. The van der Waals surface area contributed by atoms with Gasteiger partial charge in [0.25, 0.3) is 0 Å². The standard InChI is InChI=1S/C59H89N7O17Si/c1-21-76-45(68)41(38-32-40(44(67)75-18)83-66(38)42(36-28-24-22-25-29-36)37-30-26-23-27-31-37)58(73)34-63-48(62-50(70)80-54(5,6)7)64(51(71)81-55(8,9)10)39(33-78-84(19,20)57(14,15)16)43-59(63,46(58)77-35-74-17)65(52(72)82-56(11,12)13)47(60-43)61-49(69)79-53(2,3)4/h22-31,38-43,46,73H,21,32-35H2,1-20H3,(H,60,61,69)/b62-48+/t38?,39-,40?,41?,43-,46+,58-,59+/m0/s1. The number of guanidine groups is 2. The number of ether oxygens (including phenoxy) is 8. The normalized spacial score (nSPS) is 24.9. The van der Waals surface area contributed by atoms with Crippen molar-refractivity contribution in [2.75, 3.05) is 40.8 Å². The lowest BCUT2D eigenvalue weighted by molar-refractivity contribution is -0.232. The van der Waals surface area contributed by atoms with Crippen LogP contribution in [-0.4, -0.2) is 186 Å². The lowest BCUT2D eigenvalue weighted by atomic mass is 9.73. The molecular formula is C59H89N7O17Si. The average molecular weight is 1200 g/mol. The van der Waals surface area contributed by atoms with E-state index in [0.29, 0.717) is 11.1 Å². The zero-order valence-corrected chi connectivity index (χ0v) is 53.5. The van der Waals surface area contributed by atoms with Crippen LogP contribution < -0.4 is 5.32 Å². The van der Waals surface area contributed by atoms with Crippen molar-refractivity contribution >= 4 is 56.5 Å². The molecule has 3 unspecified atom stereocenters. The molecule has 2 aromatic rings. The van der Waals surface area contributed by atoms with Gasteiger partial charge in [0.2, 0.25) is 11.9 Å². The Kier molecular flexibility index (Phi) is 19.9. The molecule has 8 atom stereocenters. The minimum Gasteiger partial charge on any atom is -0.467 e. The predicted molar refractivity (Wildman–Crippen MR) is 310 cm³/mol. The molecule has 4 aliphatic heterocycles. The first kappa shape index (κ1) is 66.9. The third-order valence-electron chi connectivity index (χ3n) is 14.7. The van der Waals surface area contributed by atoms with Gasteiger partial charge in [-0.1, -0.05) is 81.4 Å². The lowest BCUT2D eigenvalue weighted by Gasteiger charge is -2.56. The molecule has 24 nitrogen and oxygen atoms in total. The third-order valence-corrected chi connectivity index (χ3v) is 19.2. The van der Waals surface area contributed by atoms with Crippen molar-refractivity contribution in [2.45, 2.75) is 205 Å². The zero-order valence-electron chi connectivity index (χ0n) is 52.5. The molecule has 0 radical (unpaired) electrons. The first-order chi connectivity index (χ1) is 38.7. The summed E-state index contributed by atoms with van der Waals surface area (Å²) in [5.74, 6) is -4.91. The number of benzene rings is 2. The van der Waals surface area contributed by atoms with Crippen LogP contribution in [0, 0.1) is 5.92 Å². The largest absolute Gasteiger partial charge is 0.467 e. The van der Waals surface area contributed by atoms with Gasteiger partial charge in [0.1, 0.15) is 52.9 Å². The molecule has 0 aliphatic carbocycles. The Morgan fingerprint density at radius 3 is 1.81 bits per heavy atom. The maximum absolute atomic E-state index is 15.9. The molecule has 3 fully saturated rings. The fourth-order valence-corrected chi connectivity index (χ4v) is 11.6. The van der Waals surface area contributed by atoms with Crippen molar-refractivity contribution in [1.82, 2.24) is 25.1 Å². The van der Waals surface area contributed by atoms with E-state index in [1.54, 1.807) is 90.0 Å². The summed E-state index contributed by atoms with van der Waals surface area (Å²) in [5, 5.41) is 18.5. The van der Waals surface area contributed by atoms with E-state index in [0.717, 1.165) is 9.80 Å². The molecule has 2 N–H and O–H groups in total. The first-order valence-electron chi connectivity index (χ1n) is 28.2. The monoisotopic (exact) mass is 1200 g/mol. The second-order valence-corrected chi connectivity index (χ2v) is 31.6. The molecule has 0 bridgehead atoms. The van der Waals surface area contributed by atoms with Crippen LogP contribution in [0.15, 0.2) is 70.6 Å². The molecule has 2 aromatic carbocycles. The van der Waals surface area contributed by atoms with E-state index in [1.807, 2.05) is 94.5 Å². The topological polar surface area (TPSA) is 265 Å². The number of aliphatic hydroxyl groups is 1. The van der Waals surface area contributed by atoms with E-state index >= 15 is 14.4 Å². The SMILES string of the molecule is CCOC(=O)C(C1CC(C(=O)OC)ON1C(c1ccccc1)c1ccccc1)[C@@]1(O)CN2/C(=N\C(=O)OC(C)(C)C)N(C(=O)OC(C)(C)C)[C@@H](CO[Si](C)(C)C(C)(C)C)[C@@H]3N=C(NC(=O)OC(C)(C)C)N(C(=O)OC(C)(C)C)[C@@]32[C@@H]1OCOC. The van der Waals surface area contributed by atoms with Crippen LogP contribution in [0.3, 0.4) is 0 Å². The molecular weight excluding hydrogens is 1110 g/mol. The summed E-state index contributed by atoms with van der Waals surface area (Å²) in [6.45, 7) is 28.7. The lowest BCUT2D eigenvalue weighted by Crippen LogP contribution is -2.80. The van der Waals surface area contributed by atoms with E-state index in [-0.39, 0.29) is 13.0 Å². The van der Waals surface area contributed by atoms with E-state index in [9.17, 15) is 19.5 Å². The number of amides is 4. The molecule has 4 amide bonds. The molecule has 4 heterocycles. The molecule has 0 saturated carbocycles. The summed E-state index contributed by atoms with van der Waals surface area (Å²) < 4.78 is 55.0. The number of hydrogen-bond donors (Lipinski definition) is 2. The van der Waals surface area contributed by atoms with Gasteiger partial charge in [-0.3, -0.25) is 14.9 Å². The highest BCUT2D eigenvalue weighted by Crippen LogP contribution is 2.56. The Morgan fingerprint density at radius 1 is 0.786 bits per heavy atom. The van der Waals surface area contributed by atoms with Crippen LogP contribution in [0.25, 0.3) is 0 Å². The number of alkyl carbamates (subject to hydrolysis) is 1. The van der Waals surface area contributed by atoms with Crippen molar-refractivity contribution in [3.05, 3.63) is 71.8 Å². The number of esters is 2. The smallest absolute Gasteiger partial charge is 0.437 e. The van der Waals surface area contributed by atoms with Crippen molar-refractivity contribution in [3.8, 4) is 0 Å². The number of hydroxylamine groups is 2. The van der Waals surface area contributed by atoms with Crippen molar-refractivity contribution in [2.24, 2.45) is 15.9 Å². The summed E-state index contributed by atoms with van der Waals surface area (Å²) in [6, 6.07) is 12.8. The summed E-state index contributed by atoms with van der Waals surface area (Å²) in [6.07, 6.45) is -8.41. The van der Waals surface area contributed by atoms with Crippen LogP contribution in [0.4, 0.5) is 19.2 Å². The molecule has 84 heavy (non-hydrogen) atoms. The summed E-state index contributed by atoms with van der Waals surface area (Å²) in [4.78, 5) is 110. The summed E-state index contributed by atoms with van der Waals surface area (Å²) in [7, 11) is -0.412. The molecule has 4 aliphatic rings. The first-order valence-corrected chi connectivity index (χ1v) is 31.1. The van der Waals surface area contributed by atoms with Gasteiger partial charge in [0.05, 0.1) is 45.0 Å². The molecule has 466 valence electrons. The Morgan fingerprint density at radius 2 is 1.32 bits per heavy atom. The third kappa shape index (κ3) is 14.5. The van der Waals surface area contributed by atoms with Gasteiger partial charge in [-0.25, -0.2) is 38.8 Å². The van der Waals surface area contributed by atoms with Gasteiger partial charge in [0, 0.05) is 13.5 Å².